The number of benzene rings is 2. The van der Waals surface area contributed by atoms with Gasteiger partial charge in [-0.3, -0.25) is 4.79 Å². The predicted octanol–water partition coefficient (Wildman–Crippen LogP) is 3.30. The Bertz CT molecular complexity index is 1050. The van der Waals surface area contributed by atoms with E-state index in [9.17, 15) is 26.4 Å². The minimum absolute atomic E-state index is 0.00855. The van der Waals surface area contributed by atoms with Crippen LogP contribution in [0, 0.1) is 5.82 Å². The summed E-state index contributed by atoms with van der Waals surface area (Å²) in [6, 6.07) is 7.13. The van der Waals surface area contributed by atoms with E-state index in [0.717, 1.165) is 10.4 Å². The zero-order valence-corrected chi connectivity index (χ0v) is 17.1. The van der Waals surface area contributed by atoms with Crippen LogP contribution in [-0.2, 0) is 15.0 Å². The number of carbonyl (C=O) groups is 1. The Balaban J connectivity index is 1.84. The molecule has 0 saturated carbocycles. The maximum atomic E-state index is 13.3. The summed E-state index contributed by atoms with van der Waals surface area (Å²) in [7, 11) is -2.82. The number of rotatable bonds is 5. The van der Waals surface area contributed by atoms with Crippen LogP contribution in [0.5, 0.6) is 5.75 Å². The van der Waals surface area contributed by atoms with Gasteiger partial charge in [-0.25, -0.2) is 4.39 Å². The van der Waals surface area contributed by atoms with Gasteiger partial charge in [-0.2, -0.15) is 26.2 Å². The first kappa shape index (κ1) is 22.3. The van der Waals surface area contributed by atoms with Crippen LogP contribution in [0.1, 0.15) is 18.0 Å². The highest BCUT2D eigenvalue weighted by Gasteiger charge is 2.40. The molecule has 2 atom stereocenters. The molecule has 0 aromatic heterocycles. The molecule has 1 fully saturated rings. The van der Waals surface area contributed by atoms with Crippen molar-refractivity contribution in [2.24, 2.45) is 0 Å². The molecule has 1 heterocycles. The number of hydrogen-bond donors (Lipinski definition) is 2. The van der Waals surface area contributed by atoms with Crippen LogP contribution in [-0.4, -0.2) is 38.3 Å². The fourth-order valence-electron chi connectivity index (χ4n) is 3.03. The van der Waals surface area contributed by atoms with Crippen molar-refractivity contribution < 1.29 is 31.1 Å². The highest BCUT2D eigenvalue weighted by molar-refractivity contribution is 7.87. The normalized spacial score (nSPS) is 21.4. The van der Waals surface area contributed by atoms with Gasteiger partial charge in [0.15, 0.2) is 0 Å². The van der Waals surface area contributed by atoms with Gasteiger partial charge >= 0.3 is 6.61 Å². The summed E-state index contributed by atoms with van der Waals surface area (Å²) in [6.07, 6.45) is 0.00855. The third kappa shape index (κ3) is 5.04. The number of halogens is 4. The molecule has 12 heteroatoms. The lowest BCUT2D eigenvalue weighted by molar-refractivity contribution is -0.120. The maximum absolute atomic E-state index is 13.3. The van der Waals surface area contributed by atoms with Gasteiger partial charge in [0.05, 0.1) is 11.1 Å². The molecule has 1 amide bonds. The van der Waals surface area contributed by atoms with Crippen LogP contribution in [0.25, 0.3) is 0 Å². The first-order valence-corrected chi connectivity index (χ1v) is 10.4. The SMILES string of the molecule is CN1[C@@H](C(=O)Nc2ccc(F)c(Cl)c2)C[C@@H](c2cccc(OC(F)F)c2)NS1(=O)=O. The summed E-state index contributed by atoms with van der Waals surface area (Å²) in [5, 5.41) is 2.31. The van der Waals surface area contributed by atoms with Gasteiger partial charge in [0, 0.05) is 12.7 Å². The van der Waals surface area contributed by atoms with Crippen molar-refractivity contribution in [1.82, 2.24) is 9.03 Å². The van der Waals surface area contributed by atoms with E-state index in [0.29, 0.717) is 5.56 Å². The number of likely N-dealkylation sites (N-methyl/N-ethyl adjacent to an activating group) is 1. The van der Waals surface area contributed by atoms with E-state index in [-0.39, 0.29) is 22.9 Å². The highest BCUT2D eigenvalue weighted by atomic mass is 35.5. The van der Waals surface area contributed by atoms with E-state index in [1.54, 1.807) is 0 Å². The second kappa shape index (κ2) is 8.80. The number of carbonyl (C=O) groups excluding carboxylic acids is 1. The molecule has 0 aliphatic carbocycles. The molecule has 1 saturated heterocycles. The van der Waals surface area contributed by atoms with Crippen LogP contribution in [0.3, 0.4) is 0 Å². The van der Waals surface area contributed by atoms with E-state index in [1.807, 2.05) is 0 Å². The molecule has 2 N–H and O–H groups in total. The lowest BCUT2D eigenvalue weighted by Gasteiger charge is -2.36. The van der Waals surface area contributed by atoms with Gasteiger partial charge in [0.2, 0.25) is 5.91 Å². The second-order valence-corrected chi connectivity index (χ2v) is 8.68. The lowest BCUT2D eigenvalue weighted by atomic mass is 9.99. The lowest BCUT2D eigenvalue weighted by Crippen LogP contribution is -2.55. The van der Waals surface area contributed by atoms with Gasteiger partial charge in [-0.1, -0.05) is 23.7 Å². The summed E-state index contributed by atoms with van der Waals surface area (Å²) in [5.74, 6) is -1.46. The van der Waals surface area contributed by atoms with Gasteiger partial charge in [0.25, 0.3) is 10.2 Å². The maximum Gasteiger partial charge on any atom is 0.387 e. The monoisotopic (exact) mass is 463 g/mol. The van der Waals surface area contributed by atoms with Crippen LogP contribution >= 0.6 is 11.6 Å². The number of anilines is 1. The number of nitrogens with zero attached hydrogens (tertiary/aromatic N) is 1. The van der Waals surface area contributed by atoms with Crippen molar-refractivity contribution in [1.29, 1.82) is 0 Å². The number of ether oxygens (including phenoxy) is 1. The summed E-state index contributed by atoms with van der Waals surface area (Å²) < 4.78 is 70.9. The first-order chi connectivity index (χ1) is 14.1. The van der Waals surface area contributed by atoms with Crippen LogP contribution < -0.4 is 14.8 Å². The van der Waals surface area contributed by atoms with Crippen LogP contribution in [0.15, 0.2) is 42.5 Å². The standard InChI is InChI=1S/C18H17ClF3N3O4S/c1-25-16(17(26)23-11-5-6-14(20)13(19)8-11)9-15(24-30(25,27)28)10-3-2-4-12(7-10)29-18(21)22/h2-8,15-16,18,24H,9H2,1H3,(H,23,26)/t15-,16+/m0/s1. The number of hydrogen-bond acceptors (Lipinski definition) is 4. The minimum atomic E-state index is -4.05. The van der Waals surface area contributed by atoms with E-state index in [4.69, 9.17) is 11.6 Å². The third-order valence-corrected chi connectivity index (χ3v) is 6.43. The molecular formula is C18H17ClF3N3O4S. The van der Waals surface area contributed by atoms with Crippen molar-refractivity contribution in [3.8, 4) is 5.75 Å². The summed E-state index contributed by atoms with van der Waals surface area (Å²) in [5.41, 5.74) is 0.548. The largest absolute Gasteiger partial charge is 0.435 e. The Kier molecular flexibility index (Phi) is 6.56. The Morgan fingerprint density at radius 2 is 2.03 bits per heavy atom. The zero-order chi connectivity index (χ0) is 22.1. The molecule has 0 unspecified atom stereocenters. The van der Waals surface area contributed by atoms with E-state index < -0.39 is 40.6 Å². The van der Waals surface area contributed by atoms with Gasteiger partial charge in [0.1, 0.15) is 17.6 Å². The minimum Gasteiger partial charge on any atom is -0.435 e. The molecule has 2 aromatic rings. The molecule has 0 radical (unpaired) electrons. The number of alkyl halides is 2. The molecule has 1 aliphatic heterocycles. The molecule has 2 aromatic carbocycles. The summed E-state index contributed by atoms with van der Waals surface area (Å²) in [4.78, 5) is 12.7. The fourth-order valence-corrected chi connectivity index (χ4v) is 4.49. The second-order valence-electron chi connectivity index (χ2n) is 6.51. The molecule has 3 rings (SSSR count). The number of nitrogens with one attached hydrogen (secondary N) is 2. The van der Waals surface area contributed by atoms with Crippen molar-refractivity contribution >= 4 is 33.4 Å². The van der Waals surface area contributed by atoms with Gasteiger partial charge in [-0.05, 0) is 42.3 Å². The van der Waals surface area contributed by atoms with Crippen LogP contribution in [0.2, 0.25) is 5.02 Å². The Morgan fingerprint density at radius 1 is 1.30 bits per heavy atom. The molecule has 7 nitrogen and oxygen atoms in total. The van der Waals surface area contributed by atoms with Gasteiger partial charge in [-0.15, -0.1) is 0 Å². The first-order valence-electron chi connectivity index (χ1n) is 8.63. The Morgan fingerprint density at radius 3 is 2.70 bits per heavy atom. The summed E-state index contributed by atoms with van der Waals surface area (Å²) >= 11 is 5.70. The van der Waals surface area contributed by atoms with Crippen molar-refractivity contribution in [3.05, 3.63) is 58.9 Å². The summed E-state index contributed by atoms with van der Waals surface area (Å²) in [6.45, 7) is -3.03. The van der Waals surface area contributed by atoms with Gasteiger partial charge < -0.3 is 10.1 Å². The van der Waals surface area contributed by atoms with Crippen LogP contribution in [0.4, 0.5) is 18.9 Å². The molecule has 30 heavy (non-hydrogen) atoms. The van der Waals surface area contributed by atoms with Crippen molar-refractivity contribution in [3.63, 3.8) is 0 Å². The van der Waals surface area contributed by atoms with Crippen molar-refractivity contribution in [2.75, 3.05) is 12.4 Å². The predicted molar refractivity (Wildman–Crippen MR) is 104 cm³/mol. The van der Waals surface area contributed by atoms with E-state index >= 15 is 0 Å². The average Bonchev–Trinajstić information content (AvgIpc) is 2.66. The molecule has 1 aliphatic rings. The average molecular weight is 464 g/mol. The Labute approximate surface area is 176 Å². The topological polar surface area (TPSA) is 87.7 Å². The third-order valence-electron chi connectivity index (χ3n) is 4.54. The molecule has 0 spiro atoms. The molecule has 162 valence electrons. The number of amides is 1. The highest BCUT2D eigenvalue weighted by Crippen LogP contribution is 2.31. The molecular weight excluding hydrogens is 447 g/mol. The quantitative estimate of drug-likeness (QED) is 0.712. The smallest absolute Gasteiger partial charge is 0.387 e. The van der Waals surface area contributed by atoms with E-state index in [1.165, 1.54) is 43.4 Å². The Hall–Kier alpha value is -2.34. The zero-order valence-electron chi connectivity index (χ0n) is 15.5. The molecule has 0 bridgehead atoms. The van der Waals surface area contributed by atoms with Crippen molar-refractivity contribution in [2.45, 2.75) is 25.1 Å². The van der Waals surface area contributed by atoms with E-state index in [2.05, 4.69) is 14.8 Å². The fraction of sp³-hybridized carbons (Fsp3) is 0.278.